The van der Waals surface area contributed by atoms with Crippen molar-refractivity contribution in [1.82, 2.24) is 0 Å². The number of hydrogen-bond donors (Lipinski definition) is 2. The van der Waals surface area contributed by atoms with Crippen LogP contribution in [0.3, 0.4) is 0 Å². The molecule has 0 aromatic rings. The summed E-state index contributed by atoms with van der Waals surface area (Å²) >= 11 is 0. The minimum Gasteiger partial charge on any atom is -0.480 e. The summed E-state index contributed by atoms with van der Waals surface area (Å²) in [6.45, 7) is 1.31. The summed E-state index contributed by atoms with van der Waals surface area (Å²) in [7, 11) is 0. The van der Waals surface area contributed by atoms with Crippen molar-refractivity contribution < 1.29 is 19.4 Å². The third-order valence-electron chi connectivity index (χ3n) is 1.05. The molecule has 0 aromatic heterocycles. The van der Waals surface area contributed by atoms with Crippen molar-refractivity contribution in [2.24, 2.45) is 5.73 Å². The zero-order valence-electron chi connectivity index (χ0n) is 6.65. The van der Waals surface area contributed by atoms with E-state index in [9.17, 15) is 9.59 Å². The number of aliphatic carboxylic acids is 1. The van der Waals surface area contributed by atoms with E-state index in [1.165, 1.54) is 6.92 Å². The maximum absolute atomic E-state index is 10.2. The van der Waals surface area contributed by atoms with Gasteiger partial charge in [0.15, 0.2) is 0 Å². The molecule has 0 spiro atoms. The fourth-order valence-corrected chi connectivity index (χ4v) is 0.453. The van der Waals surface area contributed by atoms with Crippen molar-refractivity contribution in [2.45, 2.75) is 19.4 Å². The highest BCUT2D eigenvalue weighted by Gasteiger charge is 2.10. The zero-order valence-corrected chi connectivity index (χ0v) is 7.47. The summed E-state index contributed by atoms with van der Waals surface area (Å²) in [5.41, 5.74) is 5.11. The number of carboxylic acid groups (broad SMARTS) is 1. The average Bonchev–Trinajstić information content (AvgIpc) is 1.86. The van der Waals surface area contributed by atoms with E-state index in [0.717, 1.165) is 0 Å². The lowest BCUT2D eigenvalue weighted by Gasteiger charge is -2.04. The first-order valence-corrected chi connectivity index (χ1v) is 3.15. The summed E-state index contributed by atoms with van der Waals surface area (Å²) in [6.07, 6.45) is 0.148. The molecule has 0 rings (SSSR count). The van der Waals surface area contributed by atoms with Crippen LogP contribution in [-0.2, 0) is 14.3 Å². The highest BCUT2D eigenvalue weighted by atomic mass is 35.5. The molecule has 1 unspecified atom stereocenters. The molecule has 0 saturated carbocycles. The smallest absolute Gasteiger partial charge is 0.320 e. The van der Waals surface area contributed by atoms with E-state index in [4.69, 9.17) is 10.8 Å². The number of carbonyl (C=O) groups is 2. The second-order valence-electron chi connectivity index (χ2n) is 2.07. The molecule has 0 radical (unpaired) electrons. The maximum Gasteiger partial charge on any atom is 0.320 e. The second-order valence-corrected chi connectivity index (χ2v) is 2.07. The summed E-state index contributed by atoms with van der Waals surface area (Å²) in [5, 5.41) is 8.28. The molecule has 72 valence electrons. The van der Waals surface area contributed by atoms with Gasteiger partial charge < -0.3 is 15.6 Å². The largest absolute Gasteiger partial charge is 0.480 e. The number of carboxylic acids is 1. The molecule has 5 nitrogen and oxygen atoms in total. The van der Waals surface area contributed by atoms with Crippen molar-refractivity contribution in [2.75, 3.05) is 6.61 Å². The first-order chi connectivity index (χ1) is 5.04. The van der Waals surface area contributed by atoms with Crippen molar-refractivity contribution in [3.05, 3.63) is 0 Å². The van der Waals surface area contributed by atoms with Crippen molar-refractivity contribution in [3.8, 4) is 0 Å². The Morgan fingerprint density at radius 2 is 2.08 bits per heavy atom. The van der Waals surface area contributed by atoms with Gasteiger partial charge in [-0.3, -0.25) is 9.59 Å². The molecule has 6 heteroatoms. The van der Waals surface area contributed by atoms with Gasteiger partial charge in [-0.2, -0.15) is 0 Å². The Morgan fingerprint density at radius 1 is 1.58 bits per heavy atom. The molecule has 0 fully saturated rings. The Balaban J connectivity index is 0. The van der Waals surface area contributed by atoms with E-state index < -0.39 is 18.0 Å². The van der Waals surface area contributed by atoms with E-state index in [1.54, 1.807) is 0 Å². The summed E-state index contributed by atoms with van der Waals surface area (Å²) in [6, 6.07) is -0.950. The van der Waals surface area contributed by atoms with Gasteiger partial charge in [-0.1, -0.05) is 0 Å². The predicted octanol–water partition coefficient (Wildman–Crippen LogP) is -0.227. The monoisotopic (exact) mass is 197 g/mol. The number of esters is 1. The normalized spacial score (nSPS) is 11.2. The fraction of sp³-hybridized carbons (Fsp3) is 0.667. The van der Waals surface area contributed by atoms with E-state index in [2.05, 4.69) is 4.74 Å². The molecule has 0 aliphatic rings. The molecule has 0 heterocycles. The molecule has 1 atom stereocenters. The topological polar surface area (TPSA) is 89.6 Å². The number of halogens is 1. The first-order valence-electron chi connectivity index (χ1n) is 3.15. The zero-order chi connectivity index (χ0) is 8.85. The van der Waals surface area contributed by atoms with Crippen LogP contribution < -0.4 is 5.73 Å². The maximum atomic E-state index is 10.2. The van der Waals surface area contributed by atoms with Gasteiger partial charge in [0.05, 0.1) is 6.61 Å². The molecule has 0 saturated heterocycles. The van der Waals surface area contributed by atoms with Crippen LogP contribution in [0, 0.1) is 0 Å². The van der Waals surface area contributed by atoms with Gasteiger partial charge in [-0.25, -0.2) is 0 Å². The highest BCUT2D eigenvalue weighted by Crippen LogP contribution is 1.89. The Morgan fingerprint density at radius 3 is 2.42 bits per heavy atom. The molecule has 0 bridgehead atoms. The molecular formula is C6H12ClNO4. The number of rotatable bonds is 4. The Bertz CT molecular complexity index is 162. The Labute approximate surface area is 76.3 Å². The number of hydrogen-bond acceptors (Lipinski definition) is 4. The van der Waals surface area contributed by atoms with Crippen LogP contribution in [0.1, 0.15) is 13.3 Å². The van der Waals surface area contributed by atoms with E-state index in [-0.39, 0.29) is 25.4 Å². The van der Waals surface area contributed by atoms with Gasteiger partial charge >= 0.3 is 11.9 Å². The summed E-state index contributed by atoms with van der Waals surface area (Å²) in [5.74, 6) is -1.51. The molecule has 0 amide bonds. The quantitative estimate of drug-likeness (QED) is 0.608. The fourth-order valence-electron chi connectivity index (χ4n) is 0.453. The van der Waals surface area contributed by atoms with Gasteiger partial charge in [-0.15, -0.1) is 12.4 Å². The number of ether oxygens (including phenoxy) is 1. The molecular weight excluding hydrogens is 186 g/mol. The van der Waals surface area contributed by atoms with Crippen LogP contribution >= 0.6 is 12.4 Å². The van der Waals surface area contributed by atoms with Crippen molar-refractivity contribution in [3.63, 3.8) is 0 Å². The minimum atomic E-state index is -1.09. The van der Waals surface area contributed by atoms with Gasteiger partial charge in [0, 0.05) is 13.3 Å². The van der Waals surface area contributed by atoms with E-state index in [1.807, 2.05) is 0 Å². The van der Waals surface area contributed by atoms with E-state index >= 15 is 0 Å². The number of nitrogens with two attached hydrogens (primary N) is 1. The van der Waals surface area contributed by atoms with Crippen LogP contribution in [0.2, 0.25) is 0 Å². The second kappa shape index (κ2) is 6.87. The lowest BCUT2D eigenvalue weighted by molar-refractivity contribution is -0.144. The SMILES string of the molecule is CC(=O)OCCC(N)C(=O)O.Cl. The lowest BCUT2D eigenvalue weighted by atomic mass is 10.2. The van der Waals surface area contributed by atoms with Gasteiger partial charge in [0.25, 0.3) is 0 Å². The van der Waals surface area contributed by atoms with Gasteiger partial charge in [0.1, 0.15) is 6.04 Å². The average molecular weight is 198 g/mol. The standard InChI is InChI=1S/C6H11NO4.ClH/c1-4(8)11-3-2-5(7)6(9)10;/h5H,2-3,7H2,1H3,(H,9,10);1H. The van der Waals surface area contributed by atoms with Crippen molar-refractivity contribution in [1.29, 1.82) is 0 Å². The summed E-state index contributed by atoms with van der Waals surface area (Å²) in [4.78, 5) is 20.3. The van der Waals surface area contributed by atoms with Gasteiger partial charge in [0.2, 0.25) is 0 Å². The van der Waals surface area contributed by atoms with Crippen molar-refractivity contribution >= 4 is 24.3 Å². The number of carbonyl (C=O) groups excluding carboxylic acids is 1. The predicted molar refractivity (Wildman–Crippen MR) is 44.1 cm³/mol. The van der Waals surface area contributed by atoms with Crippen LogP contribution in [-0.4, -0.2) is 29.7 Å². The molecule has 0 aliphatic heterocycles. The van der Waals surface area contributed by atoms with Crippen LogP contribution in [0.4, 0.5) is 0 Å². The van der Waals surface area contributed by atoms with E-state index in [0.29, 0.717) is 0 Å². The molecule has 0 aromatic carbocycles. The molecule has 3 N–H and O–H groups in total. The third kappa shape index (κ3) is 7.30. The molecule has 12 heavy (non-hydrogen) atoms. The Hall–Kier alpha value is -0.810. The van der Waals surface area contributed by atoms with Crippen LogP contribution in [0.15, 0.2) is 0 Å². The summed E-state index contributed by atoms with van der Waals surface area (Å²) < 4.78 is 4.48. The third-order valence-corrected chi connectivity index (χ3v) is 1.05. The lowest BCUT2D eigenvalue weighted by Crippen LogP contribution is -2.31. The van der Waals surface area contributed by atoms with Gasteiger partial charge in [-0.05, 0) is 0 Å². The van der Waals surface area contributed by atoms with Crippen LogP contribution in [0.25, 0.3) is 0 Å². The highest BCUT2D eigenvalue weighted by molar-refractivity contribution is 5.85. The minimum absolute atomic E-state index is 0. The molecule has 0 aliphatic carbocycles. The first kappa shape index (κ1) is 13.8. The van der Waals surface area contributed by atoms with Crippen LogP contribution in [0.5, 0.6) is 0 Å². The Kier molecular flexibility index (Phi) is 7.88.